The fourth-order valence-corrected chi connectivity index (χ4v) is 3.47. The minimum Gasteiger partial charge on any atom is -0.489 e. The molecular formula is C26H22N6O2. The van der Waals surface area contributed by atoms with Gasteiger partial charge in [-0.2, -0.15) is 5.10 Å². The van der Waals surface area contributed by atoms with Crippen LogP contribution in [0.5, 0.6) is 5.75 Å². The molecule has 0 saturated carbocycles. The Balaban J connectivity index is 1.31. The molecule has 4 N–H and O–H groups in total. The average molecular weight is 451 g/mol. The van der Waals surface area contributed by atoms with Gasteiger partial charge in [-0.3, -0.25) is 15.6 Å². The third-order valence-corrected chi connectivity index (χ3v) is 5.29. The van der Waals surface area contributed by atoms with Gasteiger partial charge in [0.1, 0.15) is 18.1 Å². The Labute approximate surface area is 196 Å². The van der Waals surface area contributed by atoms with Gasteiger partial charge < -0.3 is 10.5 Å². The van der Waals surface area contributed by atoms with Gasteiger partial charge in [-0.05, 0) is 41.5 Å². The smallest absolute Gasteiger partial charge is 0.288 e. The van der Waals surface area contributed by atoms with Crippen molar-refractivity contribution in [1.29, 1.82) is 0 Å². The Morgan fingerprint density at radius 1 is 0.941 bits per heavy atom. The molecule has 168 valence electrons. The fraction of sp³-hybridized carbons (Fsp3) is 0.0385. The number of nitrogens with one attached hydrogen (secondary N) is 2. The van der Waals surface area contributed by atoms with Crippen molar-refractivity contribution in [3.8, 4) is 16.9 Å². The highest BCUT2D eigenvalue weighted by atomic mass is 16.5. The number of benzene rings is 3. The zero-order valence-electron chi connectivity index (χ0n) is 18.2. The van der Waals surface area contributed by atoms with E-state index in [4.69, 9.17) is 10.5 Å². The number of carbonyl (C=O) groups is 1. The maximum absolute atomic E-state index is 12.7. The summed E-state index contributed by atoms with van der Waals surface area (Å²) in [7, 11) is 0. The van der Waals surface area contributed by atoms with Crippen LogP contribution in [0.2, 0.25) is 0 Å². The lowest BCUT2D eigenvalue weighted by molar-refractivity contribution is 0.0958. The van der Waals surface area contributed by atoms with Crippen molar-refractivity contribution >= 4 is 22.9 Å². The molecule has 8 heteroatoms. The van der Waals surface area contributed by atoms with Gasteiger partial charge in [0.25, 0.3) is 5.91 Å². The van der Waals surface area contributed by atoms with Crippen molar-refractivity contribution in [2.75, 3.05) is 11.2 Å². The van der Waals surface area contributed by atoms with E-state index in [1.54, 1.807) is 35.1 Å². The number of para-hydroxylation sites is 2. The molecule has 0 aliphatic heterocycles. The van der Waals surface area contributed by atoms with E-state index in [1.165, 1.54) is 0 Å². The Morgan fingerprint density at radius 3 is 2.50 bits per heavy atom. The van der Waals surface area contributed by atoms with Crippen LogP contribution in [0, 0.1) is 0 Å². The minimum atomic E-state index is -0.387. The highest BCUT2D eigenvalue weighted by Gasteiger charge is 2.13. The maximum atomic E-state index is 12.7. The lowest BCUT2D eigenvalue weighted by atomic mass is 10.1. The fourth-order valence-electron chi connectivity index (χ4n) is 3.47. The predicted octanol–water partition coefficient (Wildman–Crippen LogP) is 4.31. The van der Waals surface area contributed by atoms with Gasteiger partial charge in [-0.25, -0.2) is 9.50 Å². The zero-order valence-corrected chi connectivity index (χ0v) is 18.2. The summed E-state index contributed by atoms with van der Waals surface area (Å²) in [4.78, 5) is 17.2. The second-order valence-corrected chi connectivity index (χ2v) is 7.60. The Bertz CT molecular complexity index is 1430. The number of fused-ring (bicyclic) bond motifs is 1. The van der Waals surface area contributed by atoms with Crippen LogP contribution in [0.25, 0.3) is 16.8 Å². The quantitative estimate of drug-likeness (QED) is 0.252. The molecule has 0 unspecified atom stereocenters. The van der Waals surface area contributed by atoms with Crippen LogP contribution < -0.4 is 21.3 Å². The second-order valence-electron chi connectivity index (χ2n) is 7.60. The van der Waals surface area contributed by atoms with Gasteiger partial charge in [-0.1, -0.05) is 54.6 Å². The number of hydrogen-bond acceptors (Lipinski definition) is 6. The molecule has 8 nitrogen and oxygen atoms in total. The van der Waals surface area contributed by atoms with Crippen molar-refractivity contribution in [2.24, 2.45) is 0 Å². The lowest BCUT2D eigenvalue weighted by Crippen LogP contribution is -2.30. The van der Waals surface area contributed by atoms with Crippen molar-refractivity contribution in [3.05, 3.63) is 109 Å². The van der Waals surface area contributed by atoms with Crippen LogP contribution >= 0.6 is 0 Å². The Morgan fingerprint density at radius 2 is 1.71 bits per heavy atom. The van der Waals surface area contributed by atoms with Crippen LogP contribution in [0.3, 0.4) is 0 Å². The highest BCUT2D eigenvalue weighted by molar-refractivity contribution is 5.94. The topological polar surface area (TPSA) is 107 Å². The Hall–Kier alpha value is -4.85. The van der Waals surface area contributed by atoms with Crippen molar-refractivity contribution in [2.45, 2.75) is 6.61 Å². The van der Waals surface area contributed by atoms with Gasteiger partial charge >= 0.3 is 0 Å². The van der Waals surface area contributed by atoms with E-state index in [2.05, 4.69) is 20.9 Å². The molecule has 0 radical (unpaired) electrons. The van der Waals surface area contributed by atoms with Crippen LogP contribution in [-0.2, 0) is 6.61 Å². The van der Waals surface area contributed by atoms with Gasteiger partial charge in [0.05, 0.1) is 17.6 Å². The molecule has 0 bridgehead atoms. The number of anilines is 2. The van der Waals surface area contributed by atoms with Crippen LogP contribution in [0.1, 0.15) is 16.1 Å². The molecule has 2 aromatic heterocycles. The third-order valence-electron chi connectivity index (χ3n) is 5.29. The van der Waals surface area contributed by atoms with E-state index >= 15 is 0 Å². The van der Waals surface area contributed by atoms with Crippen LogP contribution in [0.15, 0.2) is 97.3 Å². The first-order chi connectivity index (χ1) is 16.7. The van der Waals surface area contributed by atoms with E-state index in [0.29, 0.717) is 23.6 Å². The first-order valence-corrected chi connectivity index (χ1v) is 10.7. The summed E-state index contributed by atoms with van der Waals surface area (Å²) in [5, 5.41) is 4.36. The normalized spacial score (nSPS) is 10.7. The Kier molecular flexibility index (Phi) is 5.77. The number of rotatable bonds is 7. The molecule has 3 aromatic carbocycles. The van der Waals surface area contributed by atoms with E-state index in [-0.39, 0.29) is 11.6 Å². The predicted molar refractivity (Wildman–Crippen MR) is 131 cm³/mol. The number of ether oxygens (including phenoxy) is 1. The van der Waals surface area contributed by atoms with Gasteiger partial charge in [0.15, 0.2) is 5.65 Å². The number of amides is 1. The van der Waals surface area contributed by atoms with E-state index in [0.717, 1.165) is 22.4 Å². The monoisotopic (exact) mass is 450 g/mol. The third kappa shape index (κ3) is 4.51. The number of hydrogen-bond donors (Lipinski definition) is 3. The van der Waals surface area contributed by atoms with Crippen molar-refractivity contribution < 1.29 is 9.53 Å². The highest BCUT2D eigenvalue weighted by Crippen LogP contribution is 2.26. The molecule has 1 amide bonds. The largest absolute Gasteiger partial charge is 0.489 e. The summed E-state index contributed by atoms with van der Waals surface area (Å²) in [6.45, 7) is 0.500. The number of hydrazine groups is 1. The maximum Gasteiger partial charge on any atom is 0.288 e. The molecule has 0 aliphatic carbocycles. The molecular weight excluding hydrogens is 428 g/mol. The number of nitrogen functional groups attached to an aromatic ring is 1. The SMILES string of the molecule is Nc1ccccc1NNC(=O)c1ccn2ncc(-c3ccc(OCc4ccccc4)cc3)c2n1. The summed E-state index contributed by atoms with van der Waals surface area (Å²) in [5.41, 5.74) is 16.2. The van der Waals surface area contributed by atoms with Gasteiger partial charge in [-0.15, -0.1) is 0 Å². The molecule has 0 spiro atoms. The van der Waals surface area contributed by atoms with Gasteiger partial charge in [0.2, 0.25) is 0 Å². The molecule has 5 rings (SSSR count). The van der Waals surface area contributed by atoms with Crippen LogP contribution in [-0.4, -0.2) is 20.5 Å². The summed E-state index contributed by atoms with van der Waals surface area (Å²) >= 11 is 0. The molecule has 0 aliphatic rings. The molecule has 0 fully saturated rings. The van der Waals surface area contributed by atoms with E-state index < -0.39 is 0 Å². The first kappa shape index (κ1) is 21.0. The van der Waals surface area contributed by atoms with Crippen molar-refractivity contribution in [3.63, 3.8) is 0 Å². The van der Waals surface area contributed by atoms with Crippen molar-refractivity contribution in [1.82, 2.24) is 20.0 Å². The lowest BCUT2D eigenvalue weighted by Gasteiger charge is -2.10. The molecule has 2 heterocycles. The van der Waals surface area contributed by atoms with Crippen LogP contribution in [0.4, 0.5) is 11.4 Å². The number of nitrogens with zero attached hydrogens (tertiary/aromatic N) is 3. The number of nitrogens with two attached hydrogens (primary N) is 1. The standard InChI is InChI=1S/C26H22N6O2/c27-22-8-4-5-9-23(22)30-31-26(33)24-14-15-32-25(29-24)21(16-28-32)19-10-12-20(13-11-19)34-17-18-6-2-1-3-7-18/h1-16,30H,17,27H2,(H,31,33). The summed E-state index contributed by atoms with van der Waals surface area (Å²) < 4.78 is 7.50. The molecule has 0 atom stereocenters. The number of aromatic nitrogens is 3. The number of carbonyl (C=O) groups excluding carboxylic acids is 1. The summed E-state index contributed by atoms with van der Waals surface area (Å²) in [6.07, 6.45) is 3.43. The van der Waals surface area contributed by atoms with E-state index in [1.807, 2.05) is 66.7 Å². The zero-order chi connectivity index (χ0) is 23.3. The average Bonchev–Trinajstić information content (AvgIpc) is 3.31. The van der Waals surface area contributed by atoms with E-state index in [9.17, 15) is 4.79 Å². The molecule has 34 heavy (non-hydrogen) atoms. The first-order valence-electron chi connectivity index (χ1n) is 10.7. The molecule has 0 saturated heterocycles. The second kappa shape index (κ2) is 9.33. The molecule has 5 aromatic rings. The summed E-state index contributed by atoms with van der Waals surface area (Å²) in [5.74, 6) is 0.380. The van der Waals surface area contributed by atoms with Gasteiger partial charge in [0, 0.05) is 11.8 Å². The minimum absolute atomic E-state index is 0.249. The summed E-state index contributed by atoms with van der Waals surface area (Å²) in [6, 6.07) is 26.5.